The Kier molecular flexibility index (Phi) is 12.1. The zero-order chi connectivity index (χ0) is 32.3. The Morgan fingerprint density at radius 3 is 2.35 bits per heavy atom. The van der Waals surface area contributed by atoms with E-state index in [-0.39, 0.29) is 30.3 Å². The van der Waals surface area contributed by atoms with Crippen LogP contribution in [0.15, 0.2) is 60.9 Å². The fourth-order valence-electron chi connectivity index (χ4n) is 6.07. The summed E-state index contributed by atoms with van der Waals surface area (Å²) in [5.41, 5.74) is 4.55. The Balaban J connectivity index is 1.26. The number of esters is 1. The number of carbonyl (C=O) groups is 2. The topological polar surface area (TPSA) is 97.3 Å². The van der Waals surface area contributed by atoms with Gasteiger partial charge in [-0.2, -0.15) is 0 Å². The minimum atomic E-state index is -0.252. The second-order valence-corrected chi connectivity index (χ2v) is 12.3. The van der Waals surface area contributed by atoms with Crippen molar-refractivity contribution in [3.63, 3.8) is 0 Å². The van der Waals surface area contributed by atoms with Gasteiger partial charge in [0.25, 0.3) is 0 Å². The Bertz CT molecular complexity index is 1400. The third-order valence-electron chi connectivity index (χ3n) is 8.91. The van der Waals surface area contributed by atoms with Crippen LogP contribution in [0.3, 0.4) is 0 Å². The summed E-state index contributed by atoms with van der Waals surface area (Å²) in [7, 11) is 5.33. The van der Waals surface area contributed by atoms with Gasteiger partial charge >= 0.3 is 5.97 Å². The van der Waals surface area contributed by atoms with Gasteiger partial charge in [-0.15, -0.1) is 0 Å². The normalized spacial score (nSPS) is 18.6. The van der Waals surface area contributed by atoms with Crippen molar-refractivity contribution in [1.29, 1.82) is 0 Å². The van der Waals surface area contributed by atoms with Crippen molar-refractivity contribution < 1.29 is 23.8 Å². The van der Waals surface area contributed by atoms with Crippen LogP contribution in [0, 0.1) is 5.92 Å². The SMILES string of the molecule is COC(=O)CCc1cccc(N(Cc2ccc(-c3ccc(N(C)C)nc3)cn2)C(=O)C2CCC(OCCN3CCOCC3)CC2)c1. The van der Waals surface area contributed by atoms with Crippen molar-refractivity contribution in [2.75, 3.05) is 70.5 Å². The molecule has 10 heteroatoms. The third-order valence-corrected chi connectivity index (χ3v) is 8.91. The highest BCUT2D eigenvalue weighted by atomic mass is 16.5. The van der Waals surface area contributed by atoms with Gasteiger partial charge in [0, 0.05) is 75.3 Å². The summed E-state index contributed by atoms with van der Waals surface area (Å²) in [6, 6.07) is 15.9. The van der Waals surface area contributed by atoms with E-state index >= 15 is 0 Å². The molecule has 2 aromatic heterocycles. The van der Waals surface area contributed by atoms with Crippen molar-refractivity contribution in [1.82, 2.24) is 14.9 Å². The molecule has 1 saturated heterocycles. The number of rotatable bonds is 13. The monoisotopic (exact) mass is 629 g/mol. The van der Waals surface area contributed by atoms with Crippen LogP contribution in [0.4, 0.5) is 11.5 Å². The van der Waals surface area contributed by atoms with E-state index in [1.165, 1.54) is 7.11 Å². The van der Waals surface area contributed by atoms with E-state index < -0.39 is 0 Å². The molecule has 1 aliphatic carbocycles. The van der Waals surface area contributed by atoms with Crippen LogP contribution in [-0.4, -0.2) is 93.5 Å². The molecule has 5 rings (SSSR count). The molecule has 1 aromatic carbocycles. The molecule has 3 aromatic rings. The summed E-state index contributed by atoms with van der Waals surface area (Å²) in [5.74, 6) is 0.660. The van der Waals surface area contributed by atoms with E-state index in [2.05, 4.69) is 9.88 Å². The number of aryl methyl sites for hydroxylation is 1. The van der Waals surface area contributed by atoms with E-state index in [9.17, 15) is 9.59 Å². The molecule has 2 aliphatic rings. The van der Waals surface area contributed by atoms with Crippen LogP contribution in [-0.2, 0) is 36.8 Å². The van der Waals surface area contributed by atoms with Crippen LogP contribution in [0.25, 0.3) is 11.1 Å². The van der Waals surface area contributed by atoms with Gasteiger partial charge in [-0.25, -0.2) is 4.98 Å². The molecule has 0 unspecified atom stereocenters. The Hall–Kier alpha value is -3.86. The molecule has 10 nitrogen and oxygen atoms in total. The van der Waals surface area contributed by atoms with E-state index in [0.717, 1.165) is 92.4 Å². The molecule has 0 N–H and O–H groups in total. The van der Waals surface area contributed by atoms with E-state index in [1.54, 1.807) is 0 Å². The van der Waals surface area contributed by atoms with Gasteiger partial charge in [-0.1, -0.05) is 18.2 Å². The first-order valence-electron chi connectivity index (χ1n) is 16.4. The van der Waals surface area contributed by atoms with Gasteiger partial charge in [0.05, 0.1) is 45.3 Å². The fourth-order valence-corrected chi connectivity index (χ4v) is 6.07. The van der Waals surface area contributed by atoms with Gasteiger partial charge < -0.3 is 24.0 Å². The standard InChI is InChI=1S/C36H47N5O5/c1-39(2)34-15-11-30(25-38-34)29-8-12-31(37-24-29)26-41(32-6-4-5-27(23-32)7-16-35(42)44-3)36(43)28-9-13-33(14-10-28)46-22-19-40-17-20-45-21-18-40/h4-6,8,11-12,15,23-25,28,33H,7,9-10,13-14,16-22,26H2,1-3H3. The fraction of sp³-hybridized carbons (Fsp3) is 0.500. The Morgan fingerprint density at radius 1 is 0.957 bits per heavy atom. The number of ether oxygens (including phenoxy) is 3. The van der Waals surface area contributed by atoms with Crippen molar-refractivity contribution in [2.45, 2.75) is 51.2 Å². The number of aromatic nitrogens is 2. The van der Waals surface area contributed by atoms with Gasteiger partial charge in [0.1, 0.15) is 5.82 Å². The molecule has 2 fully saturated rings. The first-order chi connectivity index (χ1) is 22.4. The van der Waals surface area contributed by atoms with E-state index in [0.29, 0.717) is 19.6 Å². The predicted molar refractivity (Wildman–Crippen MR) is 179 cm³/mol. The summed E-state index contributed by atoms with van der Waals surface area (Å²) in [6.45, 7) is 5.50. The molecular weight excluding hydrogens is 582 g/mol. The first-order valence-corrected chi connectivity index (χ1v) is 16.4. The van der Waals surface area contributed by atoms with Crippen molar-refractivity contribution in [3.8, 4) is 11.1 Å². The summed E-state index contributed by atoms with van der Waals surface area (Å²) in [4.78, 5) is 41.5. The molecular formula is C36H47N5O5. The molecule has 0 atom stereocenters. The van der Waals surface area contributed by atoms with Gasteiger partial charge in [-0.05, 0) is 68.0 Å². The summed E-state index contributed by atoms with van der Waals surface area (Å²) in [5, 5.41) is 0. The largest absolute Gasteiger partial charge is 0.469 e. The quantitative estimate of drug-likeness (QED) is 0.248. The zero-order valence-electron chi connectivity index (χ0n) is 27.4. The average molecular weight is 630 g/mol. The number of nitrogens with zero attached hydrogens (tertiary/aromatic N) is 5. The van der Waals surface area contributed by atoms with Crippen LogP contribution in [0.5, 0.6) is 0 Å². The maximum atomic E-state index is 14.2. The van der Waals surface area contributed by atoms with E-state index in [4.69, 9.17) is 19.2 Å². The minimum Gasteiger partial charge on any atom is -0.469 e. The summed E-state index contributed by atoms with van der Waals surface area (Å²) in [6.07, 6.45) is 8.06. The minimum absolute atomic E-state index is 0.0848. The zero-order valence-corrected chi connectivity index (χ0v) is 27.4. The molecule has 1 amide bonds. The predicted octanol–water partition coefficient (Wildman–Crippen LogP) is 4.76. The van der Waals surface area contributed by atoms with Crippen LogP contribution >= 0.6 is 0 Å². The molecule has 1 aliphatic heterocycles. The van der Waals surface area contributed by atoms with Crippen LogP contribution < -0.4 is 9.80 Å². The van der Waals surface area contributed by atoms with E-state index in [1.807, 2.05) is 84.8 Å². The van der Waals surface area contributed by atoms with Crippen LogP contribution in [0.1, 0.15) is 43.4 Å². The van der Waals surface area contributed by atoms with Crippen LogP contribution in [0.2, 0.25) is 0 Å². The maximum Gasteiger partial charge on any atom is 0.305 e. The number of hydrogen-bond acceptors (Lipinski definition) is 9. The molecule has 1 saturated carbocycles. The number of pyridine rings is 2. The highest BCUT2D eigenvalue weighted by molar-refractivity contribution is 5.95. The summed E-state index contributed by atoms with van der Waals surface area (Å²) < 4.78 is 16.5. The average Bonchev–Trinajstić information content (AvgIpc) is 3.10. The third kappa shape index (κ3) is 9.34. The lowest BCUT2D eigenvalue weighted by Crippen LogP contribution is -2.40. The lowest BCUT2D eigenvalue weighted by Gasteiger charge is -2.33. The van der Waals surface area contributed by atoms with Crippen molar-refractivity contribution >= 4 is 23.4 Å². The Morgan fingerprint density at radius 2 is 1.70 bits per heavy atom. The molecule has 246 valence electrons. The Labute approximate surface area is 272 Å². The highest BCUT2D eigenvalue weighted by Gasteiger charge is 2.31. The number of benzene rings is 1. The van der Waals surface area contributed by atoms with Gasteiger partial charge in [0.2, 0.25) is 5.91 Å². The molecule has 46 heavy (non-hydrogen) atoms. The second kappa shape index (κ2) is 16.6. The second-order valence-electron chi connectivity index (χ2n) is 12.3. The molecule has 0 radical (unpaired) electrons. The van der Waals surface area contributed by atoms with Gasteiger partial charge in [-0.3, -0.25) is 19.5 Å². The van der Waals surface area contributed by atoms with Gasteiger partial charge in [0.15, 0.2) is 0 Å². The lowest BCUT2D eigenvalue weighted by molar-refractivity contribution is -0.140. The first kappa shape index (κ1) is 33.5. The molecule has 0 spiro atoms. The lowest BCUT2D eigenvalue weighted by atomic mass is 9.86. The molecule has 0 bridgehead atoms. The number of methoxy groups -OCH3 is 1. The smallest absolute Gasteiger partial charge is 0.305 e. The number of anilines is 2. The highest BCUT2D eigenvalue weighted by Crippen LogP contribution is 2.31. The summed E-state index contributed by atoms with van der Waals surface area (Å²) >= 11 is 0. The number of carbonyl (C=O) groups excluding carboxylic acids is 2. The number of morpholine rings is 1. The van der Waals surface area contributed by atoms with Crippen molar-refractivity contribution in [2.24, 2.45) is 5.92 Å². The van der Waals surface area contributed by atoms with Crippen molar-refractivity contribution in [3.05, 3.63) is 72.2 Å². The number of hydrogen-bond donors (Lipinski definition) is 0. The molecule has 3 heterocycles. The number of amides is 1. The maximum absolute atomic E-state index is 14.2.